The molecule has 0 saturated heterocycles. The average molecular weight is 381 g/mol. The van der Waals surface area contributed by atoms with E-state index in [0.717, 1.165) is 28.3 Å². The van der Waals surface area contributed by atoms with Crippen molar-refractivity contribution in [2.24, 2.45) is 0 Å². The molecule has 0 fully saturated rings. The lowest BCUT2D eigenvalue weighted by Crippen LogP contribution is -2.26. The fraction of sp³-hybridized carbons (Fsp3) is 0.286. The summed E-state index contributed by atoms with van der Waals surface area (Å²) in [6.45, 7) is 2.44. The number of hydrogen-bond acceptors (Lipinski definition) is 5. The van der Waals surface area contributed by atoms with Gasteiger partial charge < -0.3 is 5.32 Å². The zero-order valence-electron chi connectivity index (χ0n) is 15.6. The van der Waals surface area contributed by atoms with Gasteiger partial charge in [0.15, 0.2) is 0 Å². The van der Waals surface area contributed by atoms with E-state index in [1.165, 1.54) is 0 Å². The SMILES string of the molecule is CSCCC(=O)CNC(C)c1cn(-c2cccnc2)nc1-c1ccccc1. The van der Waals surface area contributed by atoms with E-state index in [4.69, 9.17) is 5.10 Å². The fourth-order valence-electron chi connectivity index (χ4n) is 2.83. The number of rotatable bonds is 9. The summed E-state index contributed by atoms with van der Waals surface area (Å²) in [5.74, 6) is 1.10. The predicted octanol–water partition coefficient (Wildman–Crippen LogP) is 3.91. The summed E-state index contributed by atoms with van der Waals surface area (Å²) in [4.78, 5) is 16.2. The number of nitrogens with zero attached hydrogens (tertiary/aromatic N) is 3. The van der Waals surface area contributed by atoms with Crippen molar-refractivity contribution < 1.29 is 4.79 Å². The maximum Gasteiger partial charge on any atom is 0.147 e. The lowest BCUT2D eigenvalue weighted by molar-refractivity contribution is -0.117. The van der Waals surface area contributed by atoms with E-state index in [1.807, 2.05) is 47.5 Å². The third-order valence-corrected chi connectivity index (χ3v) is 4.97. The smallest absolute Gasteiger partial charge is 0.147 e. The van der Waals surface area contributed by atoms with Crippen LogP contribution >= 0.6 is 11.8 Å². The molecule has 1 unspecified atom stereocenters. The molecule has 0 spiro atoms. The quantitative estimate of drug-likeness (QED) is 0.610. The number of thioether (sulfide) groups is 1. The van der Waals surface area contributed by atoms with Gasteiger partial charge in [-0.2, -0.15) is 16.9 Å². The summed E-state index contributed by atoms with van der Waals surface area (Å²) in [5, 5.41) is 8.15. The molecule has 0 radical (unpaired) electrons. The minimum Gasteiger partial charge on any atom is -0.303 e. The van der Waals surface area contributed by atoms with Crippen LogP contribution in [0.4, 0.5) is 0 Å². The Morgan fingerprint density at radius 2 is 2.04 bits per heavy atom. The van der Waals surface area contributed by atoms with Crippen LogP contribution in [0.25, 0.3) is 16.9 Å². The van der Waals surface area contributed by atoms with E-state index < -0.39 is 0 Å². The zero-order chi connectivity index (χ0) is 19.1. The van der Waals surface area contributed by atoms with Gasteiger partial charge in [-0.25, -0.2) is 4.68 Å². The first-order chi connectivity index (χ1) is 13.2. The van der Waals surface area contributed by atoms with E-state index >= 15 is 0 Å². The molecule has 6 heteroatoms. The molecule has 1 aromatic carbocycles. The van der Waals surface area contributed by atoms with Gasteiger partial charge in [-0.15, -0.1) is 0 Å². The van der Waals surface area contributed by atoms with Gasteiger partial charge in [0.25, 0.3) is 0 Å². The van der Waals surface area contributed by atoms with Crippen LogP contribution < -0.4 is 5.32 Å². The maximum absolute atomic E-state index is 12.0. The highest BCUT2D eigenvalue weighted by Gasteiger charge is 2.18. The fourth-order valence-corrected chi connectivity index (χ4v) is 3.26. The molecule has 2 aromatic heterocycles. The molecule has 0 saturated carbocycles. The molecular formula is C21H24N4OS. The number of carbonyl (C=O) groups excluding carboxylic acids is 1. The van der Waals surface area contributed by atoms with E-state index in [1.54, 1.807) is 24.2 Å². The Morgan fingerprint density at radius 1 is 1.22 bits per heavy atom. The highest BCUT2D eigenvalue weighted by atomic mass is 32.2. The summed E-state index contributed by atoms with van der Waals surface area (Å²) in [7, 11) is 0. The van der Waals surface area contributed by atoms with Crippen LogP contribution in [0.3, 0.4) is 0 Å². The monoisotopic (exact) mass is 380 g/mol. The second-order valence-electron chi connectivity index (χ2n) is 6.34. The molecule has 0 aliphatic heterocycles. The Labute approximate surface area is 164 Å². The second kappa shape index (κ2) is 9.48. The summed E-state index contributed by atoms with van der Waals surface area (Å²) in [6, 6.07) is 14.0. The van der Waals surface area contributed by atoms with Crippen molar-refractivity contribution in [3.05, 3.63) is 66.6 Å². The maximum atomic E-state index is 12.0. The van der Waals surface area contributed by atoms with Crippen LogP contribution in [-0.4, -0.2) is 39.1 Å². The van der Waals surface area contributed by atoms with Crippen molar-refractivity contribution >= 4 is 17.5 Å². The Balaban J connectivity index is 1.86. The average Bonchev–Trinajstić information content (AvgIpc) is 3.17. The summed E-state index contributed by atoms with van der Waals surface area (Å²) in [6.07, 6.45) is 8.17. The topological polar surface area (TPSA) is 59.8 Å². The highest BCUT2D eigenvalue weighted by molar-refractivity contribution is 7.98. The van der Waals surface area contributed by atoms with E-state index in [9.17, 15) is 4.79 Å². The number of aromatic nitrogens is 3. The minimum absolute atomic E-state index is 0.00357. The molecule has 0 aliphatic carbocycles. The lowest BCUT2D eigenvalue weighted by Gasteiger charge is -2.13. The first kappa shape index (κ1) is 19.3. The molecule has 2 heterocycles. The Morgan fingerprint density at radius 3 is 2.74 bits per heavy atom. The van der Waals surface area contributed by atoms with Gasteiger partial charge in [0, 0.05) is 36.0 Å². The van der Waals surface area contributed by atoms with Gasteiger partial charge in [-0.3, -0.25) is 9.78 Å². The molecule has 27 heavy (non-hydrogen) atoms. The number of pyridine rings is 1. The third-order valence-electron chi connectivity index (χ3n) is 4.36. The van der Waals surface area contributed by atoms with Gasteiger partial charge in [-0.05, 0) is 31.1 Å². The molecule has 1 N–H and O–H groups in total. The Bertz CT molecular complexity index is 864. The molecule has 0 amide bonds. The van der Waals surface area contributed by atoms with Crippen molar-refractivity contribution in [2.45, 2.75) is 19.4 Å². The van der Waals surface area contributed by atoms with Crippen molar-refractivity contribution in [3.8, 4) is 16.9 Å². The van der Waals surface area contributed by atoms with Gasteiger partial charge >= 0.3 is 0 Å². The van der Waals surface area contributed by atoms with Gasteiger partial charge in [0.1, 0.15) is 5.78 Å². The zero-order valence-corrected chi connectivity index (χ0v) is 16.4. The molecule has 3 aromatic rings. The summed E-state index contributed by atoms with van der Waals surface area (Å²) in [5.41, 5.74) is 3.93. The van der Waals surface area contributed by atoms with Gasteiger partial charge in [0.2, 0.25) is 0 Å². The molecule has 140 valence electrons. The van der Waals surface area contributed by atoms with Crippen LogP contribution in [0, 0.1) is 0 Å². The third kappa shape index (κ3) is 5.05. The molecule has 3 rings (SSSR count). The molecule has 0 bridgehead atoms. The van der Waals surface area contributed by atoms with Crippen LogP contribution in [0.2, 0.25) is 0 Å². The van der Waals surface area contributed by atoms with Crippen molar-refractivity contribution in [2.75, 3.05) is 18.6 Å². The highest BCUT2D eigenvalue weighted by Crippen LogP contribution is 2.28. The number of Topliss-reactive ketones (excluding diaryl/α,β-unsaturated/α-hetero) is 1. The van der Waals surface area contributed by atoms with Crippen LogP contribution in [0.5, 0.6) is 0 Å². The number of hydrogen-bond donors (Lipinski definition) is 1. The number of ketones is 1. The normalized spacial score (nSPS) is 12.1. The Hall–Kier alpha value is -2.44. The largest absolute Gasteiger partial charge is 0.303 e. The van der Waals surface area contributed by atoms with Gasteiger partial charge in [-0.1, -0.05) is 30.3 Å². The number of nitrogens with one attached hydrogen (secondary N) is 1. The van der Waals surface area contributed by atoms with Crippen LogP contribution in [-0.2, 0) is 4.79 Å². The van der Waals surface area contributed by atoms with E-state index in [2.05, 4.69) is 29.4 Å². The first-order valence-electron chi connectivity index (χ1n) is 8.98. The van der Waals surface area contributed by atoms with Gasteiger partial charge in [0.05, 0.1) is 24.1 Å². The van der Waals surface area contributed by atoms with Crippen molar-refractivity contribution in [1.82, 2.24) is 20.1 Å². The van der Waals surface area contributed by atoms with Crippen LogP contribution in [0.1, 0.15) is 24.9 Å². The number of benzene rings is 1. The first-order valence-corrected chi connectivity index (χ1v) is 10.4. The standard InChI is InChI=1S/C21H24N4OS/c1-16(23-14-19(26)10-12-27-2)20-15-25(18-9-6-11-22-13-18)24-21(20)17-7-4-3-5-8-17/h3-9,11,13,15-16,23H,10,12,14H2,1-2H3. The molecule has 1 atom stereocenters. The minimum atomic E-state index is 0.00357. The second-order valence-corrected chi connectivity index (χ2v) is 7.32. The summed E-state index contributed by atoms with van der Waals surface area (Å²) >= 11 is 1.69. The van der Waals surface area contributed by atoms with Crippen molar-refractivity contribution in [1.29, 1.82) is 0 Å². The molecule has 0 aliphatic rings. The van der Waals surface area contributed by atoms with E-state index in [-0.39, 0.29) is 11.8 Å². The lowest BCUT2D eigenvalue weighted by atomic mass is 10.0. The summed E-state index contributed by atoms with van der Waals surface area (Å²) < 4.78 is 1.85. The molecule has 5 nitrogen and oxygen atoms in total. The predicted molar refractivity (Wildman–Crippen MR) is 111 cm³/mol. The number of carbonyl (C=O) groups is 1. The Kier molecular flexibility index (Phi) is 6.79. The molecular weight excluding hydrogens is 356 g/mol. The van der Waals surface area contributed by atoms with Crippen molar-refractivity contribution in [3.63, 3.8) is 0 Å². The van der Waals surface area contributed by atoms with Crippen LogP contribution in [0.15, 0.2) is 61.1 Å². The van der Waals surface area contributed by atoms with E-state index in [0.29, 0.717) is 13.0 Å².